The molecule has 0 radical (unpaired) electrons. The third-order valence-corrected chi connectivity index (χ3v) is 4.25. The highest BCUT2D eigenvalue weighted by Gasteiger charge is 2.08. The molecule has 142 valence electrons. The minimum absolute atomic E-state index is 0.0105. The summed E-state index contributed by atoms with van der Waals surface area (Å²) in [5.74, 6) is -0.543. The van der Waals surface area contributed by atoms with Gasteiger partial charge in [0.1, 0.15) is 5.75 Å². The minimum atomic E-state index is -0.380. The van der Waals surface area contributed by atoms with Gasteiger partial charge in [-0.25, -0.2) is 5.43 Å². The molecule has 0 aliphatic rings. The van der Waals surface area contributed by atoms with E-state index in [1.165, 1.54) is 6.21 Å². The number of anilines is 1. The van der Waals surface area contributed by atoms with Crippen LogP contribution in [0.5, 0.6) is 5.75 Å². The summed E-state index contributed by atoms with van der Waals surface area (Å²) in [6.45, 7) is 1.97. The van der Waals surface area contributed by atoms with Gasteiger partial charge in [0.15, 0.2) is 0 Å². The Labute approximate surface area is 162 Å². The number of nitrogens with one attached hydrogen (secondary N) is 2. The monoisotopic (exact) mass is 375 g/mol. The van der Waals surface area contributed by atoms with Gasteiger partial charge in [-0.15, -0.1) is 0 Å². The summed E-state index contributed by atoms with van der Waals surface area (Å²) in [5, 5.41) is 18.5. The molecule has 0 aromatic heterocycles. The Morgan fingerprint density at radius 3 is 2.46 bits per heavy atom. The second kappa shape index (κ2) is 8.81. The summed E-state index contributed by atoms with van der Waals surface area (Å²) in [4.78, 5) is 23.8. The molecule has 3 N–H and O–H groups in total. The molecular weight excluding hydrogens is 354 g/mol. The molecule has 28 heavy (non-hydrogen) atoms. The summed E-state index contributed by atoms with van der Waals surface area (Å²) in [6.07, 6.45) is 1.47. The van der Waals surface area contributed by atoms with E-state index in [1.54, 1.807) is 6.07 Å². The van der Waals surface area contributed by atoms with Crippen molar-refractivity contribution in [1.82, 2.24) is 5.43 Å². The SMILES string of the molecule is Cc1ccc(NC(=O)CCC(=O)N/N=C\c2c(O)ccc3ccccc23)cc1. The van der Waals surface area contributed by atoms with Crippen LogP contribution in [0.2, 0.25) is 0 Å². The van der Waals surface area contributed by atoms with Gasteiger partial charge in [0, 0.05) is 24.1 Å². The number of fused-ring (bicyclic) bond motifs is 1. The molecule has 0 atom stereocenters. The molecule has 6 heteroatoms. The summed E-state index contributed by atoms with van der Waals surface area (Å²) in [6, 6.07) is 18.4. The third-order valence-electron chi connectivity index (χ3n) is 4.25. The van der Waals surface area contributed by atoms with Crippen LogP contribution in [-0.4, -0.2) is 23.1 Å². The second-order valence-electron chi connectivity index (χ2n) is 6.43. The van der Waals surface area contributed by atoms with Crippen molar-refractivity contribution in [3.63, 3.8) is 0 Å². The number of phenols is 1. The quantitative estimate of drug-likeness (QED) is 0.453. The van der Waals surface area contributed by atoms with E-state index in [2.05, 4.69) is 15.8 Å². The molecule has 0 saturated heterocycles. The van der Waals surface area contributed by atoms with Crippen molar-refractivity contribution in [2.75, 3.05) is 5.32 Å². The molecule has 0 fully saturated rings. The molecule has 0 heterocycles. The van der Waals surface area contributed by atoms with Gasteiger partial charge in [0.2, 0.25) is 11.8 Å². The standard InChI is InChI=1S/C22H21N3O3/c1-15-6-9-17(10-7-15)24-21(27)12-13-22(28)25-23-14-19-18-5-3-2-4-16(18)8-11-20(19)26/h2-11,14,26H,12-13H2,1H3,(H,24,27)(H,25,28)/b23-14-. The Hall–Kier alpha value is -3.67. The van der Waals surface area contributed by atoms with Gasteiger partial charge in [0.25, 0.3) is 0 Å². The molecule has 0 unspecified atom stereocenters. The van der Waals surface area contributed by atoms with E-state index in [4.69, 9.17) is 0 Å². The van der Waals surface area contributed by atoms with Crippen molar-refractivity contribution < 1.29 is 14.7 Å². The number of aromatic hydroxyl groups is 1. The first-order valence-electron chi connectivity index (χ1n) is 8.92. The zero-order chi connectivity index (χ0) is 19.9. The molecule has 0 aliphatic heterocycles. The molecule has 0 aliphatic carbocycles. The third kappa shape index (κ3) is 4.94. The van der Waals surface area contributed by atoms with Crippen LogP contribution >= 0.6 is 0 Å². The van der Waals surface area contributed by atoms with E-state index in [1.807, 2.05) is 61.5 Å². The molecular formula is C22H21N3O3. The van der Waals surface area contributed by atoms with Gasteiger partial charge in [-0.05, 0) is 35.9 Å². The molecule has 0 spiro atoms. The predicted molar refractivity (Wildman–Crippen MR) is 110 cm³/mol. The van der Waals surface area contributed by atoms with Crippen LogP contribution in [0.4, 0.5) is 5.69 Å². The van der Waals surface area contributed by atoms with Crippen LogP contribution in [0.3, 0.4) is 0 Å². The zero-order valence-electron chi connectivity index (χ0n) is 15.5. The second-order valence-corrected chi connectivity index (χ2v) is 6.43. The van der Waals surface area contributed by atoms with Crippen LogP contribution < -0.4 is 10.7 Å². The molecule has 3 rings (SSSR count). The van der Waals surface area contributed by atoms with Crippen molar-refractivity contribution in [3.8, 4) is 5.75 Å². The molecule has 0 bridgehead atoms. The summed E-state index contributed by atoms with van der Waals surface area (Å²) in [5.41, 5.74) is 4.71. The number of amides is 2. The summed E-state index contributed by atoms with van der Waals surface area (Å²) >= 11 is 0. The maximum Gasteiger partial charge on any atom is 0.240 e. The highest BCUT2D eigenvalue weighted by atomic mass is 16.3. The number of hydrogen-bond acceptors (Lipinski definition) is 4. The lowest BCUT2D eigenvalue weighted by atomic mass is 10.0. The number of rotatable bonds is 6. The first-order valence-corrected chi connectivity index (χ1v) is 8.92. The lowest BCUT2D eigenvalue weighted by Gasteiger charge is -2.06. The van der Waals surface area contributed by atoms with Crippen molar-refractivity contribution in [2.45, 2.75) is 19.8 Å². The Bertz CT molecular complexity index is 1030. The fourth-order valence-electron chi connectivity index (χ4n) is 2.73. The van der Waals surface area contributed by atoms with Gasteiger partial charge in [-0.1, -0.05) is 48.0 Å². The van der Waals surface area contributed by atoms with Gasteiger partial charge in [-0.2, -0.15) is 5.10 Å². The minimum Gasteiger partial charge on any atom is -0.507 e. The Morgan fingerprint density at radius 2 is 1.68 bits per heavy atom. The van der Waals surface area contributed by atoms with E-state index in [-0.39, 0.29) is 30.4 Å². The fourth-order valence-corrected chi connectivity index (χ4v) is 2.73. The molecule has 3 aromatic carbocycles. The van der Waals surface area contributed by atoms with Crippen LogP contribution in [0.1, 0.15) is 24.0 Å². The van der Waals surface area contributed by atoms with Crippen LogP contribution in [0, 0.1) is 6.92 Å². The highest BCUT2D eigenvalue weighted by molar-refractivity contribution is 6.02. The number of hydrogen-bond donors (Lipinski definition) is 3. The Balaban J connectivity index is 1.52. The molecule has 2 amide bonds. The molecule has 6 nitrogen and oxygen atoms in total. The van der Waals surface area contributed by atoms with Crippen molar-refractivity contribution >= 4 is 34.5 Å². The van der Waals surface area contributed by atoms with E-state index in [0.29, 0.717) is 11.3 Å². The summed E-state index contributed by atoms with van der Waals surface area (Å²) in [7, 11) is 0. The number of phenolic OH excluding ortho intramolecular Hbond substituents is 1. The largest absolute Gasteiger partial charge is 0.507 e. The van der Waals surface area contributed by atoms with Gasteiger partial charge in [-0.3, -0.25) is 9.59 Å². The first-order chi connectivity index (χ1) is 13.5. The fraction of sp³-hybridized carbons (Fsp3) is 0.136. The summed E-state index contributed by atoms with van der Waals surface area (Å²) < 4.78 is 0. The number of aryl methyl sites for hydroxylation is 1. The number of hydrazone groups is 1. The zero-order valence-corrected chi connectivity index (χ0v) is 15.5. The Kier molecular flexibility index (Phi) is 6.01. The van der Waals surface area contributed by atoms with Crippen molar-refractivity contribution in [1.29, 1.82) is 0 Å². The number of benzene rings is 3. The van der Waals surface area contributed by atoms with Crippen LogP contribution in [0.15, 0.2) is 65.8 Å². The van der Waals surface area contributed by atoms with Gasteiger partial charge in [0.05, 0.1) is 6.21 Å². The van der Waals surface area contributed by atoms with E-state index < -0.39 is 0 Å². The highest BCUT2D eigenvalue weighted by Crippen LogP contribution is 2.25. The maximum absolute atomic E-state index is 11.9. The molecule has 0 saturated carbocycles. The number of nitrogens with zero attached hydrogens (tertiary/aromatic N) is 1. The average Bonchev–Trinajstić information content (AvgIpc) is 2.70. The first kappa shape index (κ1) is 19.1. The van der Waals surface area contributed by atoms with E-state index in [0.717, 1.165) is 16.3 Å². The van der Waals surface area contributed by atoms with Gasteiger partial charge < -0.3 is 10.4 Å². The van der Waals surface area contributed by atoms with Crippen LogP contribution in [-0.2, 0) is 9.59 Å². The van der Waals surface area contributed by atoms with Crippen molar-refractivity contribution in [2.24, 2.45) is 5.10 Å². The van der Waals surface area contributed by atoms with Crippen molar-refractivity contribution in [3.05, 3.63) is 71.8 Å². The maximum atomic E-state index is 11.9. The average molecular weight is 375 g/mol. The number of carbonyl (C=O) groups is 2. The van der Waals surface area contributed by atoms with Gasteiger partial charge >= 0.3 is 0 Å². The Morgan fingerprint density at radius 1 is 0.964 bits per heavy atom. The van der Waals surface area contributed by atoms with Crippen LogP contribution in [0.25, 0.3) is 10.8 Å². The molecule has 3 aromatic rings. The lowest BCUT2D eigenvalue weighted by molar-refractivity contribution is -0.124. The predicted octanol–water partition coefficient (Wildman–Crippen LogP) is 3.72. The van der Waals surface area contributed by atoms with E-state index in [9.17, 15) is 14.7 Å². The smallest absolute Gasteiger partial charge is 0.240 e. The van der Waals surface area contributed by atoms with E-state index >= 15 is 0 Å². The normalized spacial score (nSPS) is 10.9. The topological polar surface area (TPSA) is 90.8 Å². The lowest BCUT2D eigenvalue weighted by Crippen LogP contribution is -2.20. The number of carbonyl (C=O) groups excluding carboxylic acids is 2.